The van der Waals surface area contributed by atoms with Crippen molar-refractivity contribution in [2.75, 3.05) is 19.0 Å². The van der Waals surface area contributed by atoms with Gasteiger partial charge < -0.3 is 24.1 Å². The zero-order valence-electron chi connectivity index (χ0n) is 29.3. The Balaban J connectivity index is 1.23. The third kappa shape index (κ3) is 8.08. The van der Waals surface area contributed by atoms with Gasteiger partial charge in [0.1, 0.15) is 12.4 Å². The van der Waals surface area contributed by atoms with E-state index in [4.69, 9.17) is 32.2 Å². The number of aromatic nitrogens is 4. The van der Waals surface area contributed by atoms with Gasteiger partial charge in [0.2, 0.25) is 11.2 Å². The van der Waals surface area contributed by atoms with Crippen molar-refractivity contribution >= 4 is 46.4 Å². The van der Waals surface area contributed by atoms with Crippen molar-refractivity contribution in [3.05, 3.63) is 40.4 Å². The summed E-state index contributed by atoms with van der Waals surface area (Å²) in [5.74, 6) is 2.32. The molecule has 0 saturated heterocycles. The zero-order chi connectivity index (χ0) is 35.6. The first kappa shape index (κ1) is 36.3. The van der Waals surface area contributed by atoms with Crippen LogP contribution in [0.4, 0.5) is 5.82 Å². The molecule has 0 aliphatic heterocycles. The zero-order valence-corrected chi connectivity index (χ0v) is 30.0. The summed E-state index contributed by atoms with van der Waals surface area (Å²) < 4.78 is 18.7. The molecule has 2 saturated carbocycles. The molecule has 1 amide bonds. The highest BCUT2D eigenvalue weighted by molar-refractivity contribution is 6.28. The maximum absolute atomic E-state index is 13.2. The molecule has 2 aromatic heterocycles. The van der Waals surface area contributed by atoms with Crippen LogP contribution in [0.1, 0.15) is 95.2 Å². The lowest BCUT2D eigenvalue weighted by Crippen LogP contribution is -2.44. The molecule has 262 valence electrons. The summed E-state index contributed by atoms with van der Waals surface area (Å²) >= 11 is 6.30. The van der Waals surface area contributed by atoms with Crippen LogP contribution in [0, 0.1) is 37.5 Å². The molecule has 1 atom stereocenters. The fourth-order valence-corrected chi connectivity index (χ4v) is 7.87. The van der Waals surface area contributed by atoms with E-state index in [1.807, 2.05) is 33.8 Å². The molecule has 0 radical (unpaired) electrons. The second-order valence-electron chi connectivity index (χ2n) is 14.5. The molecule has 2 heterocycles. The van der Waals surface area contributed by atoms with E-state index >= 15 is 0 Å². The lowest BCUT2D eigenvalue weighted by atomic mass is 9.55. The number of anilines is 1. The fraction of sp³-hybridized carbons (Fsp3) is 0.568. The number of imidazole rings is 1. The van der Waals surface area contributed by atoms with Crippen LogP contribution < -0.4 is 10.1 Å². The number of amides is 1. The van der Waals surface area contributed by atoms with E-state index in [-0.39, 0.29) is 42.4 Å². The largest absolute Gasteiger partial charge is 0.461 e. The summed E-state index contributed by atoms with van der Waals surface area (Å²) in [6.45, 7) is 9.10. The van der Waals surface area contributed by atoms with Gasteiger partial charge in [-0.25, -0.2) is 4.98 Å². The third-order valence-electron chi connectivity index (χ3n) is 10.2. The maximum Gasteiger partial charge on any atom is 0.308 e. The number of carbonyl (C=O) groups excluding carboxylic acids is 3. The summed E-state index contributed by atoms with van der Waals surface area (Å²) in [5.41, 5.74) is 1.81. The number of ether oxygens (including phenoxy) is 3. The van der Waals surface area contributed by atoms with Gasteiger partial charge >= 0.3 is 11.9 Å². The molecule has 2 aliphatic rings. The van der Waals surface area contributed by atoms with Crippen LogP contribution in [0.5, 0.6) is 5.75 Å². The monoisotopic (exact) mass is 691 g/mol. The van der Waals surface area contributed by atoms with Crippen LogP contribution in [0.25, 0.3) is 11.2 Å². The van der Waals surface area contributed by atoms with Crippen LogP contribution in [-0.4, -0.2) is 56.7 Å². The van der Waals surface area contributed by atoms with Gasteiger partial charge in [-0.15, -0.1) is 6.42 Å². The van der Waals surface area contributed by atoms with Gasteiger partial charge in [0.15, 0.2) is 22.6 Å². The number of fused-ring (bicyclic) bond motifs is 1. The molecule has 3 aromatic rings. The molecule has 0 bridgehead atoms. The van der Waals surface area contributed by atoms with Gasteiger partial charge in [0, 0.05) is 43.9 Å². The molecule has 2 fully saturated rings. The Bertz CT molecular complexity index is 1780. The Labute approximate surface area is 292 Å². The molecular weight excluding hydrogens is 646 g/mol. The second-order valence-corrected chi connectivity index (χ2v) is 14.8. The number of carbonyl (C=O) groups is 3. The van der Waals surface area contributed by atoms with Crippen molar-refractivity contribution in [3.63, 3.8) is 0 Å². The fourth-order valence-electron chi connectivity index (χ4n) is 7.70. The first-order chi connectivity index (χ1) is 23.2. The Morgan fingerprint density at radius 3 is 2.51 bits per heavy atom. The summed E-state index contributed by atoms with van der Waals surface area (Å²) in [5, 5.41) is 2.93. The van der Waals surface area contributed by atoms with Crippen LogP contribution in [0.3, 0.4) is 0 Å². The number of nitrogens with zero attached hydrogens (tertiary/aromatic N) is 4. The number of hydrogen-bond acceptors (Lipinski definition) is 9. The molecule has 11 nitrogen and oxygen atoms in total. The second kappa shape index (κ2) is 14.5. The standard InChI is InChI=1S/C37H46ClN5O6/c1-8-37(47-7,21-48-28(45)20-35(5,6)29-24(3)16-23(2)17-27(29)49-25(4)44)14-15-43-22-39-30-31(41-34(38)42-32(30)43)40-33(46)26-18-36(19-26)12-10-9-11-13-36/h1,16-17,22,26H,9-15,18-21H2,2-7H3,(H,40,41,42,46). The highest BCUT2D eigenvalue weighted by Gasteiger charge is 2.47. The normalized spacial score (nSPS) is 17.2. The molecule has 2 aliphatic carbocycles. The van der Waals surface area contributed by atoms with E-state index in [1.54, 1.807) is 17.0 Å². The average molecular weight is 692 g/mol. The van der Waals surface area contributed by atoms with Crippen molar-refractivity contribution in [2.45, 2.75) is 110 Å². The summed E-state index contributed by atoms with van der Waals surface area (Å²) in [7, 11) is 1.47. The Hall–Kier alpha value is -4.01. The predicted molar refractivity (Wildman–Crippen MR) is 186 cm³/mol. The van der Waals surface area contributed by atoms with E-state index in [2.05, 4.69) is 26.2 Å². The van der Waals surface area contributed by atoms with Gasteiger partial charge in [0.25, 0.3) is 0 Å². The topological polar surface area (TPSA) is 135 Å². The first-order valence-electron chi connectivity index (χ1n) is 16.9. The van der Waals surface area contributed by atoms with Crippen LogP contribution in [-0.2, 0) is 35.8 Å². The summed E-state index contributed by atoms with van der Waals surface area (Å²) in [6.07, 6.45) is 15.8. The first-order valence-corrected chi connectivity index (χ1v) is 17.2. The highest BCUT2D eigenvalue weighted by atomic mass is 35.5. The van der Waals surface area contributed by atoms with Gasteiger partial charge in [0.05, 0.1) is 12.7 Å². The number of esters is 2. The van der Waals surface area contributed by atoms with E-state index in [9.17, 15) is 14.4 Å². The number of terminal acetylenes is 1. The van der Waals surface area contributed by atoms with Gasteiger partial charge in [-0.1, -0.05) is 45.1 Å². The van der Waals surface area contributed by atoms with Crippen molar-refractivity contribution in [2.24, 2.45) is 11.3 Å². The van der Waals surface area contributed by atoms with E-state index in [1.165, 1.54) is 46.1 Å². The smallest absolute Gasteiger partial charge is 0.308 e. The minimum Gasteiger partial charge on any atom is -0.461 e. The summed E-state index contributed by atoms with van der Waals surface area (Å²) in [6, 6.07) is 3.78. The number of nitrogens with one attached hydrogen (secondary N) is 1. The summed E-state index contributed by atoms with van der Waals surface area (Å²) in [4.78, 5) is 51.3. The van der Waals surface area contributed by atoms with Crippen molar-refractivity contribution in [3.8, 4) is 18.1 Å². The minimum absolute atomic E-state index is 0.00739. The van der Waals surface area contributed by atoms with Gasteiger partial charge in [-0.2, -0.15) is 9.97 Å². The average Bonchev–Trinajstić information content (AvgIpc) is 3.42. The molecule has 49 heavy (non-hydrogen) atoms. The highest BCUT2D eigenvalue weighted by Crippen LogP contribution is 2.55. The van der Waals surface area contributed by atoms with E-state index in [0.717, 1.165) is 29.5 Å². The van der Waals surface area contributed by atoms with Gasteiger partial charge in [-0.3, -0.25) is 14.4 Å². The number of rotatable bonds is 12. The molecular formula is C37H46ClN5O6. The van der Waals surface area contributed by atoms with Crippen LogP contribution in [0.15, 0.2) is 18.5 Å². The number of halogens is 1. The predicted octanol–water partition coefficient (Wildman–Crippen LogP) is 6.64. The maximum atomic E-state index is 13.2. The Morgan fingerprint density at radius 1 is 1.14 bits per heavy atom. The molecule has 12 heteroatoms. The van der Waals surface area contributed by atoms with Crippen molar-refractivity contribution < 1.29 is 28.6 Å². The molecule has 1 spiro atoms. The quantitative estimate of drug-likeness (QED) is 0.0960. The van der Waals surface area contributed by atoms with Gasteiger partial charge in [-0.05, 0) is 73.7 Å². The molecule has 5 rings (SSSR count). The van der Waals surface area contributed by atoms with Crippen molar-refractivity contribution in [1.82, 2.24) is 19.5 Å². The van der Waals surface area contributed by atoms with Crippen LogP contribution >= 0.6 is 11.6 Å². The third-order valence-corrected chi connectivity index (χ3v) is 10.3. The SMILES string of the molecule is C#CC(CCn1cnc2c(NC(=O)C3CC4(CCCCC4)C3)nc(Cl)nc21)(COC(=O)CC(C)(C)c1c(C)cc(C)cc1OC(C)=O)OC. The Morgan fingerprint density at radius 2 is 1.86 bits per heavy atom. The molecule has 1 aromatic carbocycles. The Kier molecular flexibility index (Phi) is 10.7. The van der Waals surface area contributed by atoms with E-state index < -0.39 is 23.0 Å². The number of hydrogen-bond donors (Lipinski definition) is 1. The van der Waals surface area contributed by atoms with Crippen molar-refractivity contribution in [1.29, 1.82) is 0 Å². The number of benzene rings is 1. The molecule has 1 N–H and O–H groups in total. The van der Waals surface area contributed by atoms with Crippen LogP contribution in [0.2, 0.25) is 5.28 Å². The minimum atomic E-state index is -1.24. The lowest BCUT2D eigenvalue weighted by molar-refractivity contribution is -0.151. The lowest BCUT2D eigenvalue weighted by Gasteiger charge is -2.49. The number of methoxy groups -OCH3 is 1. The molecule has 1 unspecified atom stereocenters. The number of aryl methyl sites for hydroxylation is 3. The van der Waals surface area contributed by atoms with E-state index in [0.29, 0.717) is 28.9 Å².